The Labute approximate surface area is 434 Å². The van der Waals surface area contributed by atoms with Gasteiger partial charge in [-0.15, -0.1) is 0 Å². The minimum atomic E-state index is -1.90. The van der Waals surface area contributed by atoms with Crippen molar-refractivity contribution in [2.24, 2.45) is 29.2 Å². The van der Waals surface area contributed by atoms with E-state index < -0.39 is 176 Å². The SMILES string of the molecule is CC(C)C[C@H](NC(=O)[C@H](CCC(=O)O)NC(=O)[C@H](CCC(=O)O)NC(=O)[C@H](CC(N)=O)NC(=O)[C@@H](NC(=O)[C@@H](N)C(C)C)[C@@H](C)O)C(=O)N[C@@H](Cc1ccccc1)C(=O)N[C@@H](CC(C)C)C(=O)N[C@H](C(=O)O)[C@@H](C)O. The minimum Gasteiger partial charge on any atom is -0.481 e. The van der Waals surface area contributed by atoms with Crippen LogP contribution < -0.4 is 54.0 Å². The summed E-state index contributed by atoms with van der Waals surface area (Å²) < 4.78 is 0. The van der Waals surface area contributed by atoms with Crippen molar-refractivity contribution >= 4 is 71.1 Å². The highest BCUT2D eigenvalue weighted by molar-refractivity contribution is 5.99. The fraction of sp³-hybridized carbons (Fsp3) is 0.625. The van der Waals surface area contributed by atoms with Crippen molar-refractivity contribution in [2.75, 3.05) is 0 Å². The van der Waals surface area contributed by atoms with Crippen LogP contribution in [-0.2, 0) is 64.0 Å². The number of aliphatic carboxylic acids is 3. The van der Waals surface area contributed by atoms with Crippen molar-refractivity contribution in [3.8, 4) is 0 Å². The second-order valence-electron chi connectivity index (χ2n) is 19.4. The molecule has 0 fully saturated rings. The number of hydrogen-bond acceptors (Lipinski definition) is 15. The summed E-state index contributed by atoms with van der Waals surface area (Å²) in [5.74, 6) is -15.1. The Balaban J connectivity index is 3.62. The molecule has 1 aromatic carbocycles. The van der Waals surface area contributed by atoms with E-state index in [1.165, 1.54) is 0 Å². The number of carboxylic acid groups (broad SMARTS) is 3. The summed E-state index contributed by atoms with van der Waals surface area (Å²) in [6.45, 7) is 12.3. The quantitative estimate of drug-likeness (QED) is 0.0320. The van der Waals surface area contributed by atoms with Crippen molar-refractivity contribution in [3.05, 3.63) is 35.9 Å². The van der Waals surface area contributed by atoms with E-state index in [1.807, 2.05) is 0 Å². The number of aliphatic hydroxyl groups is 2. The van der Waals surface area contributed by atoms with E-state index >= 15 is 0 Å². The monoisotopic (exact) mass is 1060 g/mol. The highest BCUT2D eigenvalue weighted by Gasteiger charge is 2.37. The number of nitrogens with one attached hydrogen (secondary N) is 8. The first kappa shape index (κ1) is 65.8. The number of benzene rings is 1. The Morgan fingerprint density at radius 1 is 0.467 bits per heavy atom. The molecule has 17 N–H and O–H groups in total. The normalized spacial score (nSPS) is 15.7. The van der Waals surface area contributed by atoms with Crippen LogP contribution in [-0.4, -0.2) is 163 Å². The first-order valence-electron chi connectivity index (χ1n) is 24.4. The molecule has 0 radical (unpaired) electrons. The summed E-state index contributed by atoms with van der Waals surface area (Å²) >= 11 is 0. The zero-order valence-corrected chi connectivity index (χ0v) is 43.4. The molecule has 0 aromatic heterocycles. The standard InChI is InChI=1S/C48H76N10O17/c1-22(2)18-30(42(68)55-32(20-27-12-10-9-11-13-27)43(69)54-31(19-23(3)4)45(71)58-39(26(8)60)48(74)75)53-41(67)29(15-17-36(64)65)51-40(66)28(14-16-35(62)63)52-44(70)33(21-34(49)61)56-47(73)38(25(7)59)57-46(72)37(50)24(5)6/h9-13,22-26,28-33,37-39,59-60H,14-21,50H2,1-8H3,(H2,49,61)(H,51,66)(H,52,70)(H,53,67)(H,54,69)(H,55,68)(H,56,73)(H,57,72)(H,58,71)(H,62,63)(H,64,65)(H,74,75)/t25-,26-,28+,29+,30+,31+,32+,33+,37+,38+,39+/m1/s1. The van der Waals surface area contributed by atoms with Crippen LogP contribution in [0.15, 0.2) is 30.3 Å². The van der Waals surface area contributed by atoms with Gasteiger partial charge in [0, 0.05) is 19.3 Å². The molecule has 11 atom stereocenters. The molecule has 0 aliphatic heterocycles. The van der Waals surface area contributed by atoms with Crippen LogP contribution in [0.2, 0.25) is 0 Å². The van der Waals surface area contributed by atoms with Crippen LogP contribution in [0.3, 0.4) is 0 Å². The molecule has 75 heavy (non-hydrogen) atoms. The predicted molar refractivity (Wildman–Crippen MR) is 266 cm³/mol. The van der Waals surface area contributed by atoms with Crippen LogP contribution in [0.25, 0.3) is 0 Å². The van der Waals surface area contributed by atoms with E-state index in [9.17, 15) is 83.1 Å². The van der Waals surface area contributed by atoms with E-state index in [1.54, 1.807) is 71.9 Å². The number of nitrogens with two attached hydrogens (primary N) is 2. The number of hydrogen-bond donors (Lipinski definition) is 15. The fourth-order valence-corrected chi connectivity index (χ4v) is 7.17. The third kappa shape index (κ3) is 24.6. The van der Waals surface area contributed by atoms with Crippen LogP contribution in [0.1, 0.15) is 106 Å². The van der Waals surface area contributed by atoms with Crippen LogP contribution in [0, 0.1) is 17.8 Å². The molecule has 0 saturated heterocycles. The van der Waals surface area contributed by atoms with Crippen LogP contribution >= 0.6 is 0 Å². The average Bonchev–Trinajstić information content (AvgIpc) is 3.30. The Hall–Kier alpha value is -7.26. The molecule has 0 unspecified atom stereocenters. The van der Waals surface area contributed by atoms with Gasteiger partial charge in [0.25, 0.3) is 0 Å². The topological polar surface area (TPSA) is 454 Å². The van der Waals surface area contributed by atoms with E-state index in [0.29, 0.717) is 5.56 Å². The maximum Gasteiger partial charge on any atom is 0.328 e. The first-order valence-corrected chi connectivity index (χ1v) is 24.4. The van der Waals surface area contributed by atoms with Gasteiger partial charge in [0.15, 0.2) is 6.04 Å². The van der Waals surface area contributed by atoms with Crippen LogP contribution in [0.4, 0.5) is 0 Å². The molecule has 27 heteroatoms. The van der Waals surface area contributed by atoms with E-state index in [-0.39, 0.29) is 31.1 Å². The smallest absolute Gasteiger partial charge is 0.328 e. The van der Waals surface area contributed by atoms with Gasteiger partial charge in [-0.25, -0.2) is 4.79 Å². The highest BCUT2D eigenvalue weighted by Crippen LogP contribution is 2.13. The summed E-state index contributed by atoms with van der Waals surface area (Å²) in [5, 5.41) is 67.7. The van der Waals surface area contributed by atoms with Crippen molar-refractivity contribution in [1.29, 1.82) is 0 Å². The number of carbonyl (C=O) groups is 12. The van der Waals surface area contributed by atoms with Gasteiger partial charge in [0.1, 0.15) is 42.3 Å². The summed E-state index contributed by atoms with van der Waals surface area (Å²) in [6, 6.07) is -6.14. The lowest BCUT2D eigenvalue weighted by Crippen LogP contribution is -2.62. The number of amides is 9. The predicted octanol–water partition coefficient (Wildman–Crippen LogP) is -3.37. The van der Waals surface area contributed by atoms with E-state index in [0.717, 1.165) is 13.8 Å². The van der Waals surface area contributed by atoms with Gasteiger partial charge in [-0.05, 0) is 62.8 Å². The first-order chi connectivity index (χ1) is 34.8. The van der Waals surface area contributed by atoms with Gasteiger partial charge >= 0.3 is 17.9 Å². The second kappa shape index (κ2) is 32.1. The lowest BCUT2D eigenvalue weighted by molar-refractivity contribution is -0.145. The molecule has 0 aliphatic rings. The largest absolute Gasteiger partial charge is 0.481 e. The van der Waals surface area contributed by atoms with Gasteiger partial charge < -0.3 is 79.5 Å². The molecule has 0 heterocycles. The summed E-state index contributed by atoms with van der Waals surface area (Å²) in [5.41, 5.74) is 11.7. The van der Waals surface area contributed by atoms with Gasteiger partial charge in [-0.3, -0.25) is 52.7 Å². The molecular formula is C48H76N10O17. The third-order valence-corrected chi connectivity index (χ3v) is 11.3. The van der Waals surface area contributed by atoms with Crippen molar-refractivity contribution in [3.63, 3.8) is 0 Å². The number of carboxylic acids is 3. The van der Waals surface area contributed by atoms with Gasteiger partial charge in [-0.1, -0.05) is 71.9 Å². The molecule has 9 amide bonds. The van der Waals surface area contributed by atoms with Gasteiger partial charge in [0.2, 0.25) is 53.2 Å². The number of aliphatic hydroxyl groups excluding tert-OH is 2. The fourth-order valence-electron chi connectivity index (χ4n) is 7.17. The van der Waals surface area contributed by atoms with Crippen LogP contribution in [0.5, 0.6) is 0 Å². The maximum absolute atomic E-state index is 14.2. The summed E-state index contributed by atoms with van der Waals surface area (Å²) in [4.78, 5) is 157. The molecule has 27 nitrogen and oxygen atoms in total. The molecule has 0 aliphatic carbocycles. The average molecular weight is 1070 g/mol. The van der Waals surface area contributed by atoms with Crippen molar-refractivity contribution < 1.29 is 83.1 Å². The van der Waals surface area contributed by atoms with Gasteiger partial charge in [-0.2, -0.15) is 0 Å². The van der Waals surface area contributed by atoms with Crippen molar-refractivity contribution in [2.45, 2.75) is 173 Å². The Morgan fingerprint density at radius 3 is 1.21 bits per heavy atom. The molecule has 0 spiro atoms. The number of carbonyl (C=O) groups excluding carboxylic acids is 9. The molecular weight excluding hydrogens is 989 g/mol. The minimum absolute atomic E-state index is 0.00350. The molecule has 420 valence electrons. The van der Waals surface area contributed by atoms with Gasteiger partial charge in [0.05, 0.1) is 24.7 Å². The Bertz CT molecular complexity index is 2160. The summed E-state index contributed by atoms with van der Waals surface area (Å²) in [7, 11) is 0. The molecule has 0 bridgehead atoms. The lowest BCUT2D eigenvalue weighted by atomic mass is 9.99. The Kier molecular flexibility index (Phi) is 28.2. The summed E-state index contributed by atoms with van der Waals surface area (Å²) in [6.07, 6.45) is -7.15. The molecule has 1 aromatic rings. The highest BCUT2D eigenvalue weighted by atomic mass is 16.4. The lowest BCUT2D eigenvalue weighted by Gasteiger charge is -2.29. The third-order valence-electron chi connectivity index (χ3n) is 11.3. The zero-order valence-electron chi connectivity index (χ0n) is 43.4. The number of rotatable bonds is 34. The number of primary amides is 1. The van der Waals surface area contributed by atoms with E-state index in [2.05, 4.69) is 42.5 Å². The molecule has 1 rings (SSSR count). The Morgan fingerprint density at radius 2 is 0.827 bits per heavy atom. The zero-order chi connectivity index (χ0) is 57.4. The van der Waals surface area contributed by atoms with Crippen molar-refractivity contribution in [1.82, 2.24) is 42.5 Å². The second-order valence-corrected chi connectivity index (χ2v) is 19.4. The van der Waals surface area contributed by atoms with E-state index in [4.69, 9.17) is 11.5 Å². The maximum atomic E-state index is 14.2. The molecule has 0 saturated carbocycles.